The number of ether oxygens (including phenoxy) is 3. The van der Waals surface area contributed by atoms with Crippen molar-refractivity contribution >= 4 is 18.0 Å². The van der Waals surface area contributed by atoms with E-state index in [1.807, 2.05) is 30.3 Å². The van der Waals surface area contributed by atoms with E-state index in [1.54, 1.807) is 20.8 Å². The summed E-state index contributed by atoms with van der Waals surface area (Å²) in [5.41, 5.74) is -0.0629. The van der Waals surface area contributed by atoms with Gasteiger partial charge in [0.05, 0.1) is 12.5 Å². The lowest BCUT2D eigenvalue weighted by Crippen LogP contribution is -2.51. The van der Waals surface area contributed by atoms with E-state index in [0.29, 0.717) is 0 Å². The third-order valence-corrected chi connectivity index (χ3v) is 6.40. The SMILES string of the molecule is CC(C)(C)OC(=O)C[C@H](NC(=O)C1CCN(C(=O)OCc2ccccc2)CC1)C(O)COc1c(F)c(F)cc(F)c1F. The number of aliphatic hydroxyl groups is 1. The van der Waals surface area contributed by atoms with Crippen LogP contribution in [0.2, 0.25) is 0 Å². The second-order valence-electron chi connectivity index (χ2n) is 10.9. The van der Waals surface area contributed by atoms with Crippen LogP contribution in [0.3, 0.4) is 0 Å². The maximum atomic E-state index is 14.0. The molecular weight excluding hydrogens is 564 g/mol. The Morgan fingerprint density at radius 2 is 1.62 bits per heavy atom. The molecule has 2 amide bonds. The number of esters is 1. The Kier molecular flexibility index (Phi) is 11.1. The molecular formula is C29H34F4N2O7. The third kappa shape index (κ3) is 9.33. The van der Waals surface area contributed by atoms with Crippen LogP contribution < -0.4 is 10.1 Å². The molecule has 230 valence electrons. The molecule has 2 N–H and O–H groups in total. The predicted molar refractivity (Wildman–Crippen MR) is 141 cm³/mol. The van der Waals surface area contributed by atoms with E-state index in [9.17, 15) is 37.1 Å². The van der Waals surface area contributed by atoms with Gasteiger partial charge in [0.25, 0.3) is 0 Å². The molecule has 0 spiro atoms. The molecule has 13 heteroatoms. The standard InChI is InChI=1S/C29H34F4N2O7/c1-29(2,3)42-23(37)14-21(22(36)16-40-26-24(32)19(30)13-20(31)25(26)33)34-27(38)18-9-11-35(12-10-18)28(39)41-15-17-7-5-4-6-8-17/h4-8,13,18,21-22,36H,9-12,14-16H2,1-3H3,(H,34,38)/t21-,22?/m0/s1. The molecule has 1 fully saturated rings. The van der Waals surface area contributed by atoms with E-state index in [1.165, 1.54) is 4.90 Å². The van der Waals surface area contributed by atoms with Crippen molar-refractivity contribution in [2.45, 2.75) is 64.4 Å². The number of rotatable bonds is 10. The van der Waals surface area contributed by atoms with Crippen molar-refractivity contribution < 1.29 is 51.3 Å². The largest absolute Gasteiger partial charge is 0.485 e. The van der Waals surface area contributed by atoms with E-state index < -0.39 is 83.7 Å². The third-order valence-electron chi connectivity index (χ3n) is 6.40. The van der Waals surface area contributed by atoms with Gasteiger partial charge in [0.2, 0.25) is 17.5 Å². The minimum absolute atomic E-state index is 0.00771. The van der Waals surface area contributed by atoms with Crippen LogP contribution in [0.5, 0.6) is 5.75 Å². The van der Waals surface area contributed by atoms with Gasteiger partial charge >= 0.3 is 12.1 Å². The number of piperidine rings is 1. The van der Waals surface area contributed by atoms with Crippen LogP contribution in [0, 0.1) is 29.2 Å². The molecule has 0 aromatic heterocycles. The van der Waals surface area contributed by atoms with Gasteiger partial charge in [-0.25, -0.2) is 13.6 Å². The van der Waals surface area contributed by atoms with E-state index in [0.717, 1.165) is 5.56 Å². The molecule has 3 rings (SSSR count). The van der Waals surface area contributed by atoms with Gasteiger partial charge < -0.3 is 29.5 Å². The summed E-state index contributed by atoms with van der Waals surface area (Å²) in [6.45, 7) is 4.45. The number of nitrogens with zero attached hydrogens (tertiary/aromatic N) is 1. The summed E-state index contributed by atoms with van der Waals surface area (Å²) in [6, 6.07) is 7.80. The molecule has 1 saturated heterocycles. The number of halogens is 4. The summed E-state index contributed by atoms with van der Waals surface area (Å²) in [6.07, 6.45) is -2.28. The molecule has 1 unspecified atom stereocenters. The number of hydrogen-bond donors (Lipinski definition) is 2. The van der Waals surface area contributed by atoms with Crippen LogP contribution in [0.25, 0.3) is 0 Å². The van der Waals surface area contributed by atoms with E-state index in [2.05, 4.69) is 5.32 Å². The van der Waals surface area contributed by atoms with Crippen molar-refractivity contribution in [3.05, 3.63) is 65.2 Å². The molecule has 0 radical (unpaired) electrons. The highest BCUT2D eigenvalue weighted by Gasteiger charge is 2.33. The zero-order valence-corrected chi connectivity index (χ0v) is 23.5. The van der Waals surface area contributed by atoms with Crippen molar-refractivity contribution in [3.63, 3.8) is 0 Å². The topological polar surface area (TPSA) is 114 Å². The second kappa shape index (κ2) is 14.3. The first-order valence-electron chi connectivity index (χ1n) is 13.4. The lowest BCUT2D eigenvalue weighted by atomic mass is 9.95. The van der Waals surface area contributed by atoms with Crippen molar-refractivity contribution in [1.82, 2.24) is 10.2 Å². The Hall–Kier alpha value is -3.87. The van der Waals surface area contributed by atoms with Gasteiger partial charge in [-0.05, 0) is 39.2 Å². The fourth-order valence-corrected chi connectivity index (χ4v) is 4.24. The first-order chi connectivity index (χ1) is 19.7. The fourth-order valence-electron chi connectivity index (χ4n) is 4.24. The van der Waals surface area contributed by atoms with Crippen LogP contribution in [0.4, 0.5) is 22.4 Å². The highest BCUT2D eigenvalue weighted by atomic mass is 19.2. The number of likely N-dealkylation sites (tertiary alicyclic amines) is 1. The number of carbonyl (C=O) groups is 3. The highest BCUT2D eigenvalue weighted by Crippen LogP contribution is 2.27. The van der Waals surface area contributed by atoms with E-state index in [4.69, 9.17) is 14.2 Å². The number of aliphatic hydroxyl groups excluding tert-OH is 1. The molecule has 0 saturated carbocycles. The quantitative estimate of drug-likeness (QED) is 0.239. The normalized spacial score (nSPS) is 15.5. The second-order valence-corrected chi connectivity index (χ2v) is 10.9. The predicted octanol–water partition coefficient (Wildman–Crippen LogP) is 4.25. The Morgan fingerprint density at radius 1 is 1.02 bits per heavy atom. The Labute approximate surface area is 240 Å². The molecule has 9 nitrogen and oxygen atoms in total. The van der Waals surface area contributed by atoms with E-state index in [-0.39, 0.29) is 38.6 Å². The number of carbonyl (C=O) groups excluding carboxylic acids is 3. The van der Waals surface area contributed by atoms with Gasteiger partial charge in [-0.2, -0.15) is 8.78 Å². The average molecular weight is 599 g/mol. The first-order valence-corrected chi connectivity index (χ1v) is 13.4. The Balaban J connectivity index is 1.60. The summed E-state index contributed by atoms with van der Waals surface area (Å²) in [5, 5.41) is 13.2. The van der Waals surface area contributed by atoms with Crippen molar-refractivity contribution in [3.8, 4) is 5.75 Å². The highest BCUT2D eigenvalue weighted by molar-refractivity contribution is 5.80. The lowest BCUT2D eigenvalue weighted by molar-refractivity contribution is -0.156. The maximum absolute atomic E-state index is 14.0. The van der Waals surface area contributed by atoms with Crippen LogP contribution in [0.15, 0.2) is 36.4 Å². The minimum atomic E-state index is -1.80. The fraction of sp³-hybridized carbons (Fsp3) is 0.483. The van der Waals surface area contributed by atoms with Gasteiger partial charge in [0, 0.05) is 25.1 Å². The molecule has 1 aliphatic rings. The smallest absolute Gasteiger partial charge is 0.410 e. The van der Waals surface area contributed by atoms with Crippen molar-refractivity contribution in [2.24, 2.45) is 5.92 Å². The van der Waals surface area contributed by atoms with Crippen molar-refractivity contribution in [2.75, 3.05) is 19.7 Å². The summed E-state index contributed by atoms with van der Waals surface area (Å²) < 4.78 is 70.5. The number of benzene rings is 2. The molecule has 1 aliphatic heterocycles. The zero-order valence-electron chi connectivity index (χ0n) is 23.5. The molecule has 0 bridgehead atoms. The molecule has 2 aromatic rings. The monoisotopic (exact) mass is 598 g/mol. The van der Waals surface area contributed by atoms with Gasteiger partial charge in [-0.3, -0.25) is 9.59 Å². The summed E-state index contributed by atoms with van der Waals surface area (Å²) in [5.74, 6) is -10.3. The van der Waals surface area contributed by atoms with Crippen molar-refractivity contribution in [1.29, 1.82) is 0 Å². The average Bonchev–Trinajstić information content (AvgIpc) is 2.94. The number of hydrogen-bond acceptors (Lipinski definition) is 7. The van der Waals surface area contributed by atoms with Crippen LogP contribution in [0.1, 0.15) is 45.6 Å². The lowest BCUT2D eigenvalue weighted by Gasteiger charge is -2.32. The van der Waals surface area contributed by atoms with E-state index >= 15 is 0 Å². The van der Waals surface area contributed by atoms with Gasteiger partial charge in [-0.1, -0.05) is 30.3 Å². The first kappa shape index (κ1) is 32.6. The zero-order chi connectivity index (χ0) is 31.0. The molecule has 2 atom stereocenters. The summed E-state index contributed by atoms with van der Waals surface area (Å²) in [4.78, 5) is 39.5. The van der Waals surface area contributed by atoms with Crippen LogP contribution >= 0.6 is 0 Å². The molecule has 0 aliphatic carbocycles. The summed E-state index contributed by atoms with van der Waals surface area (Å²) in [7, 11) is 0. The van der Waals surface area contributed by atoms with Gasteiger partial charge in [0.15, 0.2) is 17.4 Å². The number of nitrogens with one attached hydrogen (secondary N) is 1. The number of amides is 2. The van der Waals surface area contributed by atoms with Crippen LogP contribution in [-0.4, -0.2) is 65.4 Å². The van der Waals surface area contributed by atoms with Crippen LogP contribution in [-0.2, 0) is 25.7 Å². The molecule has 1 heterocycles. The molecule has 2 aromatic carbocycles. The summed E-state index contributed by atoms with van der Waals surface area (Å²) >= 11 is 0. The van der Waals surface area contributed by atoms with Gasteiger partial charge in [0.1, 0.15) is 24.9 Å². The van der Waals surface area contributed by atoms with Gasteiger partial charge in [-0.15, -0.1) is 0 Å². The maximum Gasteiger partial charge on any atom is 0.410 e. The Morgan fingerprint density at radius 3 is 2.19 bits per heavy atom. The Bertz CT molecular complexity index is 1220. The molecule has 42 heavy (non-hydrogen) atoms. The minimum Gasteiger partial charge on any atom is -0.485 e.